The van der Waals surface area contributed by atoms with Gasteiger partial charge < -0.3 is 14.7 Å². The van der Waals surface area contributed by atoms with Crippen LogP contribution < -0.4 is 0 Å². The highest BCUT2D eigenvalue weighted by molar-refractivity contribution is 5.76. The van der Waals surface area contributed by atoms with Gasteiger partial charge in [0.1, 0.15) is 0 Å². The van der Waals surface area contributed by atoms with E-state index in [1.54, 1.807) is 6.92 Å². The van der Waals surface area contributed by atoms with Crippen LogP contribution in [0.4, 0.5) is 0 Å². The van der Waals surface area contributed by atoms with Gasteiger partial charge in [-0.25, -0.2) is 4.79 Å². The number of rotatable bonds is 11. The molecule has 6 heteroatoms. The number of amides is 1. The molecule has 32 heavy (non-hydrogen) atoms. The molecule has 0 spiro atoms. The predicted octanol–water partition coefficient (Wildman–Crippen LogP) is 3.39. The summed E-state index contributed by atoms with van der Waals surface area (Å²) in [5.74, 6) is -0.688. The lowest BCUT2D eigenvalue weighted by Crippen LogP contribution is -2.34. The van der Waals surface area contributed by atoms with Crippen molar-refractivity contribution in [3.63, 3.8) is 0 Å². The zero-order valence-corrected chi connectivity index (χ0v) is 18.9. The van der Waals surface area contributed by atoms with Crippen LogP contribution in [0.5, 0.6) is 0 Å². The molecule has 1 fully saturated rings. The van der Waals surface area contributed by atoms with Crippen molar-refractivity contribution in [3.05, 3.63) is 71.3 Å². The second-order valence-corrected chi connectivity index (χ2v) is 8.30. The van der Waals surface area contributed by atoms with Gasteiger partial charge in [0.15, 0.2) is 6.10 Å². The van der Waals surface area contributed by atoms with E-state index in [-0.39, 0.29) is 5.91 Å². The number of carboxylic acids is 1. The Labute approximate surface area is 190 Å². The van der Waals surface area contributed by atoms with E-state index >= 15 is 0 Å². The number of benzene rings is 2. The van der Waals surface area contributed by atoms with E-state index in [0.717, 1.165) is 51.1 Å². The van der Waals surface area contributed by atoms with Gasteiger partial charge in [-0.05, 0) is 36.5 Å². The van der Waals surface area contributed by atoms with Crippen molar-refractivity contribution in [2.75, 3.05) is 32.8 Å². The van der Waals surface area contributed by atoms with Gasteiger partial charge in [-0.2, -0.15) is 0 Å². The van der Waals surface area contributed by atoms with Gasteiger partial charge in [0.2, 0.25) is 5.91 Å². The molecule has 1 amide bonds. The van der Waals surface area contributed by atoms with Crippen LogP contribution in [-0.2, 0) is 33.7 Å². The quantitative estimate of drug-likeness (QED) is 0.582. The standard InChI is InChI=1S/C26H34N2O4/c1-2-32-24(26(30)31)19-22-12-10-21(11-13-22)9-6-15-28-18-17-27(16-14-25(28)29)20-23-7-4-3-5-8-23/h3-5,7-8,10-13,24H,2,6,9,14-20H2,1H3,(H,30,31). The average Bonchev–Trinajstić information content (AvgIpc) is 2.97. The molecule has 2 aromatic carbocycles. The van der Waals surface area contributed by atoms with E-state index in [9.17, 15) is 14.7 Å². The normalized spacial score (nSPS) is 16.0. The van der Waals surface area contributed by atoms with E-state index in [2.05, 4.69) is 29.2 Å². The molecule has 1 saturated heterocycles. The summed E-state index contributed by atoms with van der Waals surface area (Å²) in [5.41, 5.74) is 3.44. The molecular weight excluding hydrogens is 404 g/mol. The number of nitrogens with zero attached hydrogens (tertiary/aromatic N) is 2. The number of hydrogen-bond acceptors (Lipinski definition) is 4. The summed E-state index contributed by atoms with van der Waals surface area (Å²) in [7, 11) is 0. The fourth-order valence-electron chi connectivity index (χ4n) is 4.10. The molecule has 0 bridgehead atoms. The van der Waals surface area contributed by atoms with Crippen molar-refractivity contribution < 1.29 is 19.4 Å². The second kappa shape index (κ2) is 12.4. The summed E-state index contributed by atoms with van der Waals surface area (Å²) in [6, 6.07) is 18.5. The largest absolute Gasteiger partial charge is 0.479 e. The number of aryl methyl sites for hydroxylation is 1. The van der Waals surface area contributed by atoms with Crippen LogP contribution in [0.25, 0.3) is 0 Å². The van der Waals surface area contributed by atoms with Crippen LogP contribution in [0.15, 0.2) is 54.6 Å². The Balaban J connectivity index is 1.43. The fraction of sp³-hybridized carbons (Fsp3) is 0.462. The van der Waals surface area contributed by atoms with Gasteiger partial charge in [-0.15, -0.1) is 0 Å². The maximum Gasteiger partial charge on any atom is 0.333 e. The van der Waals surface area contributed by atoms with Crippen molar-refractivity contribution in [1.29, 1.82) is 0 Å². The molecular formula is C26H34N2O4. The van der Waals surface area contributed by atoms with Crippen LogP contribution in [-0.4, -0.2) is 65.7 Å². The summed E-state index contributed by atoms with van der Waals surface area (Å²) in [6.45, 7) is 6.33. The van der Waals surface area contributed by atoms with Gasteiger partial charge >= 0.3 is 5.97 Å². The minimum Gasteiger partial charge on any atom is -0.479 e. The summed E-state index contributed by atoms with van der Waals surface area (Å²) < 4.78 is 5.29. The Morgan fingerprint density at radius 2 is 1.72 bits per heavy atom. The first-order valence-electron chi connectivity index (χ1n) is 11.5. The summed E-state index contributed by atoms with van der Waals surface area (Å²) in [6.07, 6.45) is 1.95. The topological polar surface area (TPSA) is 70.1 Å². The highest BCUT2D eigenvalue weighted by Gasteiger charge is 2.21. The first-order valence-corrected chi connectivity index (χ1v) is 11.5. The number of aliphatic carboxylic acids is 1. The Kier molecular flexibility index (Phi) is 9.26. The molecule has 0 aliphatic carbocycles. The summed E-state index contributed by atoms with van der Waals surface area (Å²) >= 11 is 0. The van der Waals surface area contributed by atoms with Crippen molar-refractivity contribution >= 4 is 11.9 Å². The molecule has 1 aliphatic heterocycles. The molecule has 1 atom stereocenters. The lowest BCUT2D eigenvalue weighted by atomic mass is 10.0. The minimum absolute atomic E-state index is 0.242. The SMILES string of the molecule is CCOC(Cc1ccc(CCCN2CCN(Cc3ccccc3)CCC2=O)cc1)C(=O)O. The number of carboxylic acid groups (broad SMARTS) is 1. The monoisotopic (exact) mass is 438 g/mol. The van der Waals surface area contributed by atoms with Gasteiger partial charge in [0.05, 0.1) is 0 Å². The van der Waals surface area contributed by atoms with Crippen molar-refractivity contribution in [3.8, 4) is 0 Å². The van der Waals surface area contributed by atoms with Crippen molar-refractivity contribution in [2.45, 2.75) is 45.3 Å². The predicted molar refractivity (Wildman–Crippen MR) is 124 cm³/mol. The first-order chi connectivity index (χ1) is 15.5. The number of carbonyl (C=O) groups is 2. The molecule has 1 unspecified atom stereocenters. The smallest absolute Gasteiger partial charge is 0.333 e. The number of carbonyl (C=O) groups excluding carboxylic acids is 1. The lowest BCUT2D eigenvalue weighted by Gasteiger charge is -2.22. The average molecular weight is 439 g/mol. The Morgan fingerprint density at radius 1 is 1.00 bits per heavy atom. The van der Waals surface area contributed by atoms with Crippen molar-refractivity contribution in [1.82, 2.24) is 9.80 Å². The molecule has 0 aromatic heterocycles. The van der Waals surface area contributed by atoms with Crippen LogP contribution in [0.2, 0.25) is 0 Å². The van der Waals surface area contributed by atoms with Gasteiger partial charge in [-0.3, -0.25) is 9.69 Å². The van der Waals surface area contributed by atoms with Crippen LogP contribution >= 0.6 is 0 Å². The molecule has 2 aromatic rings. The fourth-order valence-corrected chi connectivity index (χ4v) is 4.10. The molecule has 1 aliphatic rings. The van der Waals surface area contributed by atoms with Crippen LogP contribution in [0.3, 0.4) is 0 Å². The molecule has 3 rings (SSSR count). The molecule has 1 heterocycles. The van der Waals surface area contributed by atoms with Gasteiger partial charge in [0, 0.05) is 52.2 Å². The first kappa shape index (κ1) is 24.0. The molecule has 1 N–H and O–H groups in total. The third-order valence-corrected chi connectivity index (χ3v) is 5.91. The summed E-state index contributed by atoms with van der Waals surface area (Å²) in [5, 5.41) is 9.23. The number of hydrogen-bond donors (Lipinski definition) is 1. The molecule has 0 radical (unpaired) electrons. The second-order valence-electron chi connectivity index (χ2n) is 8.30. The van der Waals surface area contributed by atoms with Gasteiger partial charge in [-0.1, -0.05) is 54.6 Å². The third kappa shape index (κ3) is 7.46. The van der Waals surface area contributed by atoms with E-state index in [0.29, 0.717) is 19.4 Å². The minimum atomic E-state index is -0.930. The molecule has 0 saturated carbocycles. The van der Waals surface area contributed by atoms with Crippen molar-refractivity contribution in [2.24, 2.45) is 0 Å². The maximum absolute atomic E-state index is 12.5. The van der Waals surface area contributed by atoms with E-state index < -0.39 is 12.1 Å². The Morgan fingerprint density at radius 3 is 2.41 bits per heavy atom. The summed E-state index contributed by atoms with van der Waals surface area (Å²) in [4.78, 5) is 28.2. The highest BCUT2D eigenvalue weighted by atomic mass is 16.5. The van der Waals surface area contributed by atoms with E-state index in [4.69, 9.17) is 4.74 Å². The number of ether oxygens (including phenoxy) is 1. The lowest BCUT2D eigenvalue weighted by molar-refractivity contribution is -0.150. The maximum atomic E-state index is 12.5. The van der Waals surface area contributed by atoms with Gasteiger partial charge in [0.25, 0.3) is 0 Å². The molecule has 172 valence electrons. The van der Waals surface area contributed by atoms with Crippen LogP contribution in [0, 0.1) is 0 Å². The highest BCUT2D eigenvalue weighted by Crippen LogP contribution is 2.13. The van der Waals surface area contributed by atoms with Crippen LogP contribution in [0.1, 0.15) is 36.5 Å². The molecule has 6 nitrogen and oxygen atoms in total. The van der Waals surface area contributed by atoms with E-state index in [1.165, 1.54) is 11.1 Å². The Bertz CT molecular complexity index is 854. The zero-order valence-electron chi connectivity index (χ0n) is 18.9. The third-order valence-electron chi connectivity index (χ3n) is 5.91. The van der Waals surface area contributed by atoms with E-state index in [1.807, 2.05) is 35.2 Å². The Hall–Kier alpha value is -2.70. The zero-order chi connectivity index (χ0) is 22.8.